The molecule has 2 heterocycles. The van der Waals surface area contributed by atoms with Crippen molar-refractivity contribution in [2.24, 2.45) is 0 Å². The van der Waals surface area contributed by atoms with Gasteiger partial charge >= 0.3 is 0 Å². The average molecular weight is 306 g/mol. The summed E-state index contributed by atoms with van der Waals surface area (Å²) < 4.78 is 0. The molecular formula is C16H14N6O. The second kappa shape index (κ2) is 6.61. The van der Waals surface area contributed by atoms with Gasteiger partial charge < -0.3 is 10.6 Å². The van der Waals surface area contributed by atoms with Gasteiger partial charge in [0.25, 0.3) is 5.91 Å². The minimum atomic E-state index is -0.351. The van der Waals surface area contributed by atoms with E-state index in [2.05, 4.69) is 30.8 Å². The first-order chi connectivity index (χ1) is 11.2. The lowest BCUT2D eigenvalue weighted by atomic mass is 10.2. The molecule has 0 saturated heterocycles. The Morgan fingerprint density at radius 2 is 1.61 bits per heavy atom. The van der Waals surface area contributed by atoms with Gasteiger partial charge in [0.1, 0.15) is 0 Å². The third-order valence-corrected chi connectivity index (χ3v) is 2.98. The quantitative estimate of drug-likeness (QED) is 0.769. The molecule has 0 aliphatic carbocycles. The van der Waals surface area contributed by atoms with E-state index in [1.165, 1.54) is 12.4 Å². The van der Waals surface area contributed by atoms with Crippen LogP contribution in [-0.2, 0) is 0 Å². The maximum Gasteiger partial charge on any atom is 0.293 e. The Bertz CT molecular complexity index is 787. The lowest BCUT2D eigenvalue weighted by Crippen LogP contribution is -2.15. The monoisotopic (exact) mass is 306 g/mol. The molecular weight excluding hydrogens is 292 g/mol. The van der Waals surface area contributed by atoms with Gasteiger partial charge in [-0.3, -0.25) is 4.79 Å². The van der Waals surface area contributed by atoms with Gasteiger partial charge in [-0.05, 0) is 49.4 Å². The van der Waals surface area contributed by atoms with Crippen molar-refractivity contribution in [3.63, 3.8) is 0 Å². The van der Waals surface area contributed by atoms with Crippen molar-refractivity contribution in [3.8, 4) is 0 Å². The van der Waals surface area contributed by atoms with Gasteiger partial charge in [-0.1, -0.05) is 0 Å². The molecule has 0 saturated carbocycles. The first-order valence-corrected chi connectivity index (χ1v) is 6.96. The number of anilines is 3. The Morgan fingerprint density at radius 3 is 2.26 bits per heavy atom. The van der Waals surface area contributed by atoms with Crippen molar-refractivity contribution in [1.29, 1.82) is 0 Å². The van der Waals surface area contributed by atoms with Gasteiger partial charge in [-0.25, -0.2) is 9.97 Å². The summed E-state index contributed by atoms with van der Waals surface area (Å²) in [5, 5.41) is 13.9. The van der Waals surface area contributed by atoms with Crippen LogP contribution in [0.25, 0.3) is 0 Å². The lowest BCUT2D eigenvalue weighted by molar-refractivity contribution is 0.101. The van der Waals surface area contributed by atoms with Gasteiger partial charge in [0, 0.05) is 23.8 Å². The van der Waals surface area contributed by atoms with Crippen LogP contribution in [0.3, 0.4) is 0 Å². The summed E-state index contributed by atoms with van der Waals surface area (Å²) >= 11 is 0. The first-order valence-electron chi connectivity index (χ1n) is 6.96. The normalized spacial score (nSPS) is 10.1. The number of hydrogen-bond acceptors (Lipinski definition) is 6. The molecule has 0 atom stereocenters. The SMILES string of the molecule is Cc1ccc(Nc2ccc(NC(=O)c3ncccn3)cc2)nn1. The zero-order chi connectivity index (χ0) is 16.1. The molecule has 2 N–H and O–H groups in total. The van der Waals surface area contributed by atoms with Crippen LogP contribution < -0.4 is 10.6 Å². The van der Waals surface area contributed by atoms with Crippen molar-refractivity contribution in [2.75, 3.05) is 10.6 Å². The fourth-order valence-corrected chi connectivity index (χ4v) is 1.85. The van der Waals surface area contributed by atoms with Crippen molar-refractivity contribution in [2.45, 2.75) is 6.92 Å². The van der Waals surface area contributed by atoms with Crippen molar-refractivity contribution < 1.29 is 4.79 Å². The highest BCUT2D eigenvalue weighted by Crippen LogP contribution is 2.17. The minimum Gasteiger partial charge on any atom is -0.339 e. The van der Waals surface area contributed by atoms with E-state index in [9.17, 15) is 4.79 Å². The smallest absolute Gasteiger partial charge is 0.293 e. The molecule has 0 bridgehead atoms. The zero-order valence-corrected chi connectivity index (χ0v) is 12.4. The van der Waals surface area contributed by atoms with Crippen molar-refractivity contribution >= 4 is 23.1 Å². The van der Waals surface area contributed by atoms with Gasteiger partial charge in [-0.2, -0.15) is 5.10 Å². The molecule has 7 nitrogen and oxygen atoms in total. The van der Waals surface area contributed by atoms with Crippen molar-refractivity contribution in [3.05, 3.63) is 66.4 Å². The molecule has 0 aliphatic heterocycles. The molecule has 3 rings (SSSR count). The molecule has 0 fully saturated rings. The van der Waals surface area contributed by atoms with Gasteiger partial charge in [0.15, 0.2) is 5.82 Å². The van der Waals surface area contributed by atoms with Crippen LogP contribution in [0.2, 0.25) is 0 Å². The Hall–Kier alpha value is -3.35. The molecule has 0 spiro atoms. The number of hydrogen-bond donors (Lipinski definition) is 2. The Morgan fingerprint density at radius 1 is 0.913 bits per heavy atom. The summed E-state index contributed by atoms with van der Waals surface area (Å²) in [6.07, 6.45) is 3.05. The highest BCUT2D eigenvalue weighted by atomic mass is 16.2. The number of carbonyl (C=O) groups is 1. The second-order valence-corrected chi connectivity index (χ2v) is 4.79. The second-order valence-electron chi connectivity index (χ2n) is 4.79. The van der Waals surface area contributed by atoms with Crippen LogP contribution in [0, 0.1) is 6.92 Å². The summed E-state index contributed by atoms with van der Waals surface area (Å²) in [6, 6.07) is 12.6. The Balaban J connectivity index is 1.65. The number of rotatable bonds is 4. The molecule has 1 amide bonds. The van der Waals surface area contributed by atoms with E-state index in [0.29, 0.717) is 11.5 Å². The summed E-state index contributed by atoms with van der Waals surface area (Å²) in [4.78, 5) is 19.8. The van der Waals surface area contributed by atoms with E-state index in [1.807, 2.05) is 31.2 Å². The number of carbonyl (C=O) groups excluding carboxylic acids is 1. The van der Waals surface area contributed by atoms with E-state index >= 15 is 0 Å². The number of amides is 1. The summed E-state index contributed by atoms with van der Waals surface area (Å²) in [6.45, 7) is 1.88. The molecule has 23 heavy (non-hydrogen) atoms. The zero-order valence-electron chi connectivity index (χ0n) is 12.4. The molecule has 1 aromatic carbocycles. The maximum absolute atomic E-state index is 12.0. The van der Waals surface area contributed by atoms with Crippen LogP contribution in [0.1, 0.15) is 16.3 Å². The van der Waals surface area contributed by atoms with Crippen LogP contribution >= 0.6 is 0 Å². The van der Waals surface area contributed by atoms with E-state index in [-0.39, 0.29) is 11.7 Å². The highest BCUT2D eigenvalue weighted by molar-refractivity contribution is 6.01. The molecule has 0 aliphatic rings. The van der Waals surface area contributed by atoms with Crippen molar-refractivity contribution in [1.82, 2.24) is 20.2 Å². The summed E-state index contributed by atoms with van der Waals surface area (Å²) in [7, 11) is 0. The predicted molar refractivity (Wildman–Crippen MR) is 86.5 cm³/mol. The number of aromatic nitrogens is 4. The van der Waals surface area contributed by atoms with E-state index in [1.54, 1.807) is 18.2 Å². The largest absolute Gasteiger partial charge is 0.339 e. The van der Waals surface area contributed by atoms with E-state index in [0.717, 1.165) is 11.4 Å². The summed E-state index contributed by atoms with van der Waals surface area (Å²) in [5.41, 5.74) is 2.36. The summed E-state index contributed by atoms with van der Waals surface area (Å²) in [5.74, 6) is 0.436. The third kappa shape index (κ3) is 3.85. The van der Waals surface area contributed by atoms with Gasteiger partial charge in [-0.15, -0.1) is 5.10 Å². The topological polar surface area (TPSA) is 92.7 Å². The Labute approximate surface area is 132 Å². The van der Waals surface area contributed by atoms with E-state index in [4.69, 9.17) is 0 Å². The number of aryl methyl sites for hydroxylation is 1. The van der Waals surface area contributed by atoms with Crippen LogP contribution in [-0.4, -0.2) is 26.1 Å². The van der Waals surface area contributed by atoms with Crippen LogP contribution in [0.4, 0.5) is 17.2 Å². The maximum atomic E-state index is 12.0. The fourth-order valence-electron chi connectivity index (χ4n) is 1.85. The van der Waals surface area contributed by atoms with Crippen LogP contribution in [0.15, 0.2) is 54.9 Å². The third-order valence-electron chi connectivity index (χ3n) is 2.98. The molecule has 2 aromatic heterocycles. The van der Waals surface area contributed by atoms with E-state index < -0.39 is 0 Å². The molecule has 3 aromatic rings. The lowest BCUT2D eigenvalue weighted by Gasteiger charge is -2.07. The number of nitrogens with zero attached hydrogens (tertiary/aromatic N) is 4. The Kier molecular flexibility index (Phi) is 4.19. The highest BCUT2D eigenvalue weighted by Gasteiger charge is 2.08. The average Bonchev–Trinajstić information content (AvgIpc) is 2.59. The molecule has 0 radical (unpaired) electrons. The number of benzene rings is 1. The number of nitrogens with one attached hydrogen (secondary N) is 2. The molecule has 7 heteroatoms. The van der Waals surface area contributed by atoms with Gasteiger partial charge in [0.05, 0.1) is 5.69 Å². The fraction of sp³-hybridized carbons (Fsp3) is 0.0625. The minimum absolute atomic E-state index is 0.129. The first kappa shape index (κ1) is 14.6. The predicted octanol–water partition coefficient (Wildman–Crippen LogP) is 2.57. The molecule has 0 unspecified atom stereocenters. The standard InChI is InChI=1S/C16H14N6O/c1-11-3-8-14(22-21-11)19-12-4-6-13(7-5-12)20-16(23)15-17-9-2-10-18-15/h2-10H,1H3,(H,19,22)(H,20,23). The van der Waals surface area contributed by atoms with Crippen LogP contribution in [0.5, 0.6) is 0 Å². The van der Waals surface area contributed by atoms with Gasteiger partial charge in [0.2, 0.25) is 5.82 Å². The molecule has 114 valence electrons.